The van der Waals surface area contributed by atoms with Gasteiger partial charge in [-0.25, -0.2) is 0 Å². The molecule has 1 N–H and O–H groups in total. The zero-order chi connectivity index (χ0) is 14.9. The van der Waals surface area contributed by atoms with Gasteiger partial charge in [-0.2, -0.15) is 0 Å². The smallest absolute Gasteiger partial charge is 0.304 e. The molecule has 4 nitrogen and oxygen atoms in total. The van der Waals surface area contributed by atoms with Gasteiger partial charge in [0, 0.05) is 5.41 Å². The Morgan fingerprint density at radius 1 is 1.40 bits per heavy atom. The van der Waals surface area contributed by atoms with Crippen molar-refractivity contribution in [3.8, 4) is 11.5 Å². The van der Waals surface area contributed by atoms with Crippen LogP contribution in [0.1, 0.15) is 37.3 Å². The highest BCUT2D eigenvalue weighted by molar-refractivity contribution is 9.10. The SMILES string of the molecule is CCc1c(C2(CC(=O)O)CC2)cc(OC)c(OC)c1Br. The van der Waals surface area contributed by atoms with Crippen molar-refractivity contribution in [2.75, 3.05) is 14.2 Å². The van der Waals surface area contributed by atoms with Gasteiger partial charge in [0.25, 0.3) is 0 Å². The predicted molar refractivity (Wildman–Crippen MR) is 79.8 cm³/mol. The molecule has 0 unspecified atom stereocenters. The molecule has 5 heteroatoms. The van der Waals surface area contributed by atoms with E-state index in [-0.39, 0.29) is 11.8 Å². The maximum absolute atomic E-state index is 11.1. The van der Waals surface area contributed by atoms with Gasteiger partial charge in [-0.1, -0.05) is 6.92 Å². The molecule has 0 saturated heterocycles. The second-order valence-corrected chi connectivity index (χ2v) is 5.95. The van der Waals surface area contributed by atoms with Gasteiger partial charge in [0.2, 0.25) is 0 Å². The number of aliphatic carboxylic acids is 1. The Balaban J connectivity index is 2.58. The van der Waals surface area contributed by atoms with Crippen molar-refractivity contribution in [2.45, 2.75) is 38.0 Å². The van der Waals surface area contributed by atoms with E-state index in [9.17, 15) is 4.79 Å². The van der Waals surface area contributed by atoms with Gasteiger partial charge in [0.15, 0.2) is 11.5 Å². The average Bonchev–Trinajstić information content (AvgIpc) is 3.17. The number of methoxy groups -OCH3 is 2. The fourth-order valence-electron chi connectivity index (χ4n) is 2.79. The Hall–Kier alpha value is -1.23. The molecule has 0 aliphatic heterocycles. The average molecular weight is 343 g/mol. The van der Waals surface area contributed by atoms with Crippen LogP contribution in [0.15, 0.2) is 10.5 Å². The molecule has 0 heterocycles. The summed E-state index contributed by atoms with van der Waals surface area (Å²) in [5.41, 5.74) is 1.95. The minimum atomic E-state index is -0.754. The van der Waals surface area contributed by atoms with Crippen LogP contribution < -0.4 is 9.47 Å². The molecule has 0 amide bonds. The van der Waals surface area contributed by atoms with Gasteiger partial charge in [-0.3, -0.25) is 4.79 Å². The summed E-state index contributed by atoms with van der Waals surface area (Å²) in [5.74, 6) is 0.554. The van der Waals surface area contributed by atoms with E-state index in [1.54, 1.807) is 14.2 Å². The topological polar surface area (TPSA) is 55.8 Å². The van der Waals surface area contributed by atoms with Gasteiger partial charge in [0.1, 0.15) is 0 Å². The van der Waals surface area contributed by atoms with Crippen molar-refractivity contribution in [2.24, 2.45) is 0 Å². The van der Waals surface area contributed by atoms with Crippen molar-refractivity contribution < 1.29 is 19.4 Å². The molecule has 1 saturated carbocycles. The Morgan fingerprint density at radius 2 is 2.05 bits per heavy atom. The Kier molecular flexibility index (Phi) is 4.28. The highest BCUT2D eigenvalue weighted by Crippen LogP contribution is 2.55. The molecule has 1 aromatic carbocycles. The number of ether oxygens (including phenoxy) is 2. The molecule has 1 aliphatic carbocycles. The monoisotopic (exact) mass is 342 g/mol. The second-order valence-electron chi connectivity index (χ2n) is 5.16. The predicted octanol–water partition coefficient (Wildman–Crippen LogP) is 3.54. The van der Waals surface area contributed by atoms with Crippen LogP contribution in [0, 0.1) is 0 Å². The van der Waals surface area contributed by atoms with Crippen LogP contribution >= 0.6 is 15.9 Å². The molecular formula is C15H19BrO4. The van der Waals surface area contributed by atoms with Crippen LogP contribution in [0.2, 0.25) is 0 Å². The van der Waals surface area contributed by atoms with E-state index in [0.717, 1.165) is 34.9 Å². The highest BCUT2D eigenvalue weighted by Gasteiger charge is 2.48. The third-order valence-corrected chi connectivity index (χ3v) is 4.82. The minimum absolute atomic E-state index is 0.169. The third-order valence-electron chi connectivity index (χ3n) is 3.98. The molecule has 0 spiro atoms. The molecule has 20 heavy (non-hydrogen) atoms. The molecule has 1 aliphatic rings. The zero-order valence-electron chi connectivity index (χ0n) is 12.0. The summed E-state index contributed by atoms with van der Waals surface area (Å²) >= 11 is 3.58. The van der Waals surface area contributed by atoms with Gasteiger partial charge in [0.05, 0.1) is 25.1 Å². The fraction of sp³-hybridized carbons (Fsp3) is 0.533. The first kappa shape index (κ1) is 15.2. The normalized spacial score (nSPS) is 15.8. The highest BCUT2D eigenvalue weighted by atomic mass is 79.9. The van der Waals surface area contributed by atoms with Crippen molar-refractivity contribution in [3.63, 3.8) is 0 Å². The van der Waals surface area contributed by atoms with Gasteiger partial charge in [-0.05, 0) is 52.4 Å². The largest absolute Gasteiger partial charge is 0.493 e. The minimum Gasteiger partial charge on any atom is -0.493 e. The third kappa shape index (κ3) is 2.51. The quantitative estimate of drug-likeness (QED) is 0.858. The van der Waals surface area contributed by atoms with E-state index in [1.807, 2.05) is 6.07 Å². The number of carboxylic acids is 1. The molecule has 0 aromatic heterocycles. The lowest BCUT2D eigenvalue weighted by atomic mass is 9.87. The molecule has 110 valence electrons. The van der Waals surface area contributed by atoms with E-state index in [0.29, 0.717) is 11.5 Å². The van der Waals surface area contributed by atoms with Gasteiger partial charge in [-0.15, -0.1) is 0 Å². The van der Waals surface area contributed by atoms with Crippen molar-refractivity contribution in [3.05, 3.63) is 21.7 Å². The van der Waals surface area contributed by atoms with Crippen molar-refractivity contribution in [1.82, 2.24) is 0 Å². The second kappa shape index (κ2) is 5.64. The molecule has 1 aromatic rings. The molecule has 1 fully saturated rings. The zero-order valence-corrected chi connectivity index (χ0v) is 13.5. The van der Waals surface area contributed by atoms with Crippen LogP contribution in [0.5, 0.6) is 11.5 Å². The summed E-state index contributed by atoms with van der Waals surface area (Å²) in [4.78, 5) is 11.1. The van der Waals surface area contributed by atoms with Crippen LogP contribution in [-0.4, -0.2) is 25.3 Å². The number of hydrogen-bond acceptors (Lipinski definition) is 3. The Bertz CT molecular complexity index is 535. The first-order valence-corrected chi connectivity index (χ1v) is 7.44. The fourth-order valence-corrected chi connectivity index (χ4v) is 3.64. The van der Waals surface area contributed by atoms with Crippen LogP contribution in [-0.2, 0) is 16.6 Å². The van der Waals surface area contributed by atoms with Gasteiger partial charge >= 0.3 is 5.97 Å². The number of rotatable bonds is 6. The van der Waals surface area contributed by atoms with E-state index >= 15 is 0 Å². The van der Waals surface area contributed by atoms with E-state index < -0.39 is 5.97 Å². The lowest BCUT2D eigenvalue weighted by Gasteiger charge is -2.22. The van der Waals surface area contributed by atoms with E-state index in [1.165, 1.54) is 0 Å². The van der Waals surface area contributed by atoms with E-state index in [2.05, 4.69) is 22.9 Å². The molecule has 0 radical (unpaired) electrons. The van der Waals surface area contributed by atoms with Gasteiger partial charge < -0.3 is 14.6 Å². The van der Waals surface area contributed by atoms with Crippen LogP contribution in [0.25, 0.3) is 0 Å². The van der Waals surface area contributed by atoms with Crippen molar-refractivity contribution >= 4 is 21.9 Å². The molecular weight excluding hydrogens is 324 g/mol. The maximum Gasteiger partial charge on any atom is 0.304 e. The number of halogens is 1. The number of benzene rings is 1. The Morgan fingerprint density at radius 3 is 2.45 bits per heavy atom. The lowest BCUT2D eigenvalue weighted by Crippen LogP contribution is -2.16. The summed E-state index contributed by atoms with van der Waals surface area (Å²) in [5, 5.41) is 9.14. The lowest BCUT2D eigenvalue weighted by molar-refractivity contribution is -0.137. The Labute approximate surface area is 127 Å². The molecule has 0 atom stereocenters. The summed E-state index contributed by atoms with van der Waals surface area (Å²) in [6.07, 6.45) is 2.81. The maximum atomic E-state index is 11.1. The van der Waals surface area contributed by atoms with Crippen molar-refractivity contribution in [1.29, 1.82) is 0 Å². The first-order chi connectivity index (χ1) is 9.49. The van der Waals surface area contributed by atoms with Crippen LogP contribution in [0.4, 0.5) is 0 Å². The summed E-state index contributed by atoms with van der Waals surface area (Å²) in [6, 6.07) is 1.94. The molecule has 2 rings (SSSR count). The first-order valence-electron chi connectivity index (χ1n) is 6.64. The summed E-state index contributed by atoms with van der Waals surface area (Å²) in [7, 11) is 3.20. The summed E-state index contributed by atoms with van der Waals surface area (Å²) in [6.45, 7) is 2.06. The standard InChI is InChI=1S/C15H19BrO4/c1-4-9-10(15(5-6-15)8-12(17)18)7-11(19-2)14(20-3)13(9)16/h7H,4-6,8H2,1-3H3,(H,17,18). The van der Waals surface area contributed by atoms with Crippen LogP contribution in [0.3, 0.4) is 0 Å². The van der Waals surface area contributed by atoms with E-state index in [4.69, 9.17) is 14.6 Å². The summed E-state index contributed by atoms with van der Waals surface area (Å²) < 4.78 is 11.6. The molecule has 0 bridgehead atoms. The number of carboxylic acid groups (broad SMARTS) is 1. The number of hydrogen-bond donors (Lipinski definition) is 1. The number of carbonyl (C=O) groups is 1.